The second-order valence-electron chi connectivity index (χ2n) is 11.5. The molecule has 0 saturated heterocycles. The highest BCUT2D eigenvalue weighted by Crippen LogP contribution is 2.28. The van der Waals surface area contributed by atoms with Gasteiger partial charge in [-0.15, -0.1) is 0 Å². The summed E-state index contributed by atoms with van der Waals surface area (Å²) < 4.78 is 64.5. The third-order valence-electron chi connectivity index (χ3n) is 7.83. The highest BCUT2D eigenvalue weighted by atomic mass is 32.2. The van der Waals surface area contributed by atoms with Crippen LogP contribution in [0.1, 0.15) is 60.9 Å². The number of carboxylic acid groups (broad SMARTS) is 1. The Morgan fingerprint density at radius 2 is 1.35 bits per heavy atom. The number of rotatable bonds is 18. The molecule has 0 radical (unpaired) electrons. The van der Waals surface area contributed by atoms with Crippen molar-refractivity contribution in [2.75, 3.05) is 18.8 Å². The van der Waals surface area contributed by atoms with Crippen LogP contribution in [0.5, 0.6) is 0 Å². The van der Waals surface area contributed by atoms with Gasteiger partial charge in [-0.25, -0.2) is 21.1 Å². The van der Waals surface area contributed by atoms with Gasteiger partial charge >= 0.3 is 5.97 Å². The Kier molecular flexibility index (Phi) is 12.6. The number of amides is 2. The number of fused-ring (bicyclic) bond motifs is 2. The Morgan fingerprint density at radius 1 is 0.750 bits per heavy atom. The fraction of sp³-hybridized carbons (Fsp3) is 0.353. The molecule has 0 unspecified atom stereocenters. The summed E-state index contributed by atoms with van der Waals surface area (Å²) in [6, 6.07) is 22.3. The van der Waals surface area contributed by atoms with Crippen LogP contribution in [0.3, 0.4) is 0 Å². The van der Waals surface area contributed by atoms with Crippen LogP contribution >= 0.6 is 0 Å². The largest absolute Gasteiger partial charge is 0.748 e. The lowest BCUT2D eigenvalue weighted by molar-refractivity contribution is -0.645. The van der Waals surface area contributed by atoms with Crippen molar-refractivity contribution in [3.8, 4) is 0 Å². The van der Waals surface area contributed by atoms with E-state index in [1.54, 1.807) is 78.9 Å². The molecule has 14 heteroatoms. The maximum absolute atomic E-state index is 14.5. The molecule has 0 fully saturated rings. The van der Waals surface area contributed by atoms with E-state index in [0.717, 1.165) is 4.31 Å². The first-order valence-corrected chi connectivity index (χ1v) is 18.9. The standard InChI is InChI=1S/C34H39N3O9S2/c38-31(35-21-10-2-5-20-32(39)40)19-11-23-37(47(42,43)25-26-13-3-1-4-14-26)34(41)33-27-15-6-8-17-29(27)36(22-12-24-48(44,45)46)30-18-9-7-16-28(30)33/h1,3-4,6-9,13-18H,2,5,10-12,19-25H2,(H2-,35,38,39,40,44,45,46). The lowest BCUT2D eigenvalue weighted by Crippen LogP contribution is -2.41. The predicted molar refractivity (Wildman–Crippen MR) is 179 cm³/mol. The van der Waals surface area contributed by atoms with Crippen LogP contribution in [-0.2, 0) is 42.0 Å². The van der Waals surface area contributed by atoms with Crippen molar-refractivity contribution < 1.29 is 45.4 Å². The van der Waals surface area contributed by atoms with E-state index >= 15 is 0 Å². The van der Waals surface area contributed by atoms with Gasteiger partial charge in [-0.05, 0) is 37.0 Å². The van der Waals surface area contributed by atoms with Crippen LogP contribution in [-0.4, -0.2) is 67.4 Å². The number of carboxylic acids is 1. The van der Waals surface area contributed by atoms with E-state index < -0.39 is 43.5 Å². The summed E-state index contributed by atoms with van der Waals surface area (Å²) in [5.74, 6) is -2.93. The van der Waals surface area contributed by atoms with Gasteiger partial charge in [-0.1, -0.05) is 61.0 Å². The highest BCUT2D eigenvalue weighted by Gasteiger charge is 2.33. The molecule has 12 nitrogen and oxygen atoms in total. The number of hydrogen-bond acceptors (Lipinski definition) is 8. The lowest BCUT2D eigenvalue weighted by Gasteiger charge is -2.24. The average molecular weight is 698 g/mol. The Balaban J connectivity index is 1.65. The van der Waals surface area contributed by atoms with Crippen LogP contribution in [0.25, 0.3) is 21.8 Å². The fourth-order valence-corrected chi connectivity index (χ4v) is 7.62. The second kappa shape index (κ2) is 16.6. The van der Waals surface area contributed by atoms with E-state index in [4.69, 9.17) is 5.11 Å². The zero-order valence-corrected chi connectivity index (χ0v) is 28.0. The zero-order chi connectivity index (χ0) is 34.7. The van der Waals surface area contributed by atoms with E-state index in [2.05, 4.69) is 5.32 Å². The number of sulfonamides is 1. The third-order valence-corrected chi connectivity index (χ3v) is 10.3. The first kappa shape index (κ1) is 36.4. The number of aliphatic carboxylic acids is 1. The van der Waals surface area contributed by atoms with Gasteiger partial charge in [-0.2, -0.15) is 4.57 Å². The number of unbranched alkanes of at least 4 members (excludes halogenated alkanes) is 2. The van der Waals surface area contributed by atoms with Crippen molar-refractivity contribution in [1.29, 1.82) is 0 Å². The molecule has 3 aromatic carbocycles. The van der Waals surface area contributed by atoms with Gasteiger partial charge in [0.2, 0.25) is 27.0 Å². The van der Waals surface area contributed by atoms with E-state index in [1.807, 2.05) is 4.57 Å². The highest BCUT2D eigenvalue weighted by molar-refractivity contribution is 7.88. The summed E-state index contributed by atoms with van der Waals surface area (Å²) in [7, 11) is -8.68. The number of para-hydroxylation sites is 2. The van der Waals surface area contributed by atoms with Crippen LogP contribution in [0, 0.1) is 0 Å². The molecule has 1 heterocycles. The molecular weight excluding hydrogens is 659 g/mol. The Labute approximate surface area is 280 Å². The number of carbonyl (C=O) groups is 3. The summed E-state index contributed by atoms with van der Waals surface area (Å²) in [6.45, 7) is 0.275. The molecule has 2 amide bonds. The number of hydrogen-bond donors (Lipinski definition) is 2. The SMILES string of the molecule is O=C(O)CCCCCNC(=O)CCCN(C(=O)c1c2ccccc2[n+](CCCS(=O)(=O)[O-])c2ccccc12)S(=O)(=O)Cc1ccccc1. The van der Waals surface area contributed by atoms with E-state index in [1.165, 1.54) is 0 Å². The minimum atomic E-state index is -4.44. The smallest absolute Gasteiger partial charge is 0.303 e. The normalized spacial score (nSPS) is 11.9. The molecule has 4 aromatic rings. The quantitative estimate of drug-likeness (QED) is 0.0678. The number of benzene rings is 3. The van der Waals surface area contributed by atoms with Crippen LogP contribution < -0.4 is 9.88 Å². The molecule has 1 aromatic heterocycles. The molecule has 0 bridgehead atoms. The lowest BCUT2D eigenvalue weighted by atomic mass is 10.0. The number of aromatic nitrogens is 1. The zero-order valence-electron chi connectivity index (χ0n) is 26.4. The fourth-order valence-electron chi connectivity index (χ4n) is 5.62. The first-order valence-electron chi connectivity index (χ1n) is 15.7. The molecule has 0 aliphatic heterocycles. The minimum absolute atomic E-state index is 0.0291. The van der Waals surface area contributed by atoms with Crippen molar-refractivity contribution in [1.82, 2.24) is 9.62 Å². The Hall–Kier alpha value is -4.40. The molecule has 0 spiro atoms. The molecule has 0 atom stereocenters. The molecule has 48 heavy (non-hydrogen) atoms. The summed E-state index contributed by atoms with van der Waals surface area (Å²) in [5.41, 5.74) is 1.76. The predicted octanol–water partition coefficient (Wildman–Crippen LogP) is 3.73. The van der Waals surface area contributed by atoms with E-state index in [0.29, 0.717) is 53.2 Å². The summed E-state index contributed by atoms with van der Waals surface area (Å²) in [5, 5.41) is 12.4. The summed E-state index contributed by atoms with van der Waals surface area (Å²) in [4.78, 5) is 37.8. The van der Waals surface area contributed by atoms with Gasteiger partial charge in [0.1, 0.15) is 0 Å². The topological polar surface area (TPSA) is 182 Å². The van der Waals surface area contributed by atoms with Crippen LogP contribution in [0.15, 0.2) is 78.9 Å². The van der Waals surface area contributed by atoms with Crippen molar-refractivity contribution in [2.24, 2.45) is 0 Å². The Bertz CT molecular complexity index is 1930. The summed E-state index contributed by atoms with van der Waals surface area (Å²) >= 11 is 0. The molecule has 0 saturated carbocycles. The number of nitrogens with one attached hydrogen (secondary N) is 1. The van der Waals surface area contributed by atoms with Crippen LogP contribution in [0.2, 0.25) is 0 Å². The van der Waals surface area contributed by atoms with Gasteiger partial charge in [0.05, 0.1) is 32.2 Å². The van der Waals surface area contributed by atoms with Gasteiger partial charge < -0.3 is 15.0 Å². The number of aryl methyl sites for hydroxylation is 1. The molecule has 2 N–H and O–H groups in total. The molecular formula is C34H39N3O9S2. The van der Waals surface area contributed by atoms with Gasteiger partial charge in [-0.3, -0.25) is 14.4 Å². The van der Waals surface area contributed by atoms with Crippen molar-refractivity contribution in [3.63, 3.8) is 0 Å². The number of pyridine rings is 1. The third kappa shape index (κ3) is 10.1. The molecule has 4 rings (SSSR count). The number of nitrogens with zero attached hydrogens (tertiary/aromatic N) is 2. The average Bonchev–Trinajstić information content (AvgIpc) is 3.03. The molecule has 0 aliphatic carbocycles. The van der Waals surface area contributed by atoms with E-state index in [9.17, 15) is 35.8 Å². The van der Waals surface area contributed by atoms with Crippen molar-refractivity contribution in [2.45, 2.75) is 57.2 Å². The van der Waals surface area contributed by atoms with Crippen molar-refractivity contribution in [3.05, 3.63) is 90.0 Å². The van der Waals surface area contributed by atoms with Gasteiger partial charge in [0.15, 0.2) is 6.54 Å². The Morgan fingerprint density at radius 3 is 1.96 bits per heavy atom. The van der Waals surface area contributed by atoms with Gasteiger partial charge in [0, 0.05) is 50.2 Å². The summed E-state index contributed by atoms with van der Waals surface area (Å²) in [6.07, 6.45) is 1.90. The molecule has 0 aliphatic rings. The monoisotopic (exact) mass is 697 g/mol. The van der Waals surface area contributed by atoms with Crippen molar-refractivity contribution >= 4 is 59.7 Å². The minimum Gasteiger partial charge on any atom is -0.748 e. The maximum Gasteiger partial charge on any atom is 0.303 e. The second-order valence-corrected chi connectivity index (χ2v) is 14.9. The number of carbonyl (C=O) groups excluding carboxylic acids is 2. The van der Waals surface area contributed by atoms with Crippen LogP contribution in [0.4, 0.5) is 0 Å². The van der Waals surface area contributed by atoms with Gasteiger partial charge in [0.25, 0.3) is 5.91 Å². The molecule has 256 valence electrons. The first-order chi connectivity index (χ1) is 22.9. The maximum atomic E-state index is 14.5. The van der Waals surface area contributed by atoms with E-state index in [-0.39, 0.29) is 50.2 Å².